The van der Waals surface area contributed by atoms with E-state index in [0.717, 1.165) is 16.7 Å². The lowest BCUT2D eigenvalue weighted by Gasteiger charge is -2.37. The molecule has 0 bridgehead atoms. The van der Waals surface area contributed by atoms with Gasteiger partial charge in [-0.3, -0.25) is 0 Å². The third-order valence-corrected chi connectivity index (χ3v) is 7.54. The van der Waals surface area contributed by atoms with Gasteiger partial charge in [0.05, 0.1) is 12.6 Å². The molecule has 0 aliphatic carbocycles. The lowest BCUT2D eigenvalue weighted by atomic mass is 9.80. The van der Waals surface area contributed by atoms with Crippen LogP contribution < -0.4 is 5.32 Å². The van der Waals surface area contributed by atoms with Gasteiger partial charge >= 0.3 is 0 Å². The Morgan fingerprint density at radius 2 is 1.18 bits per heavy atom. The third kappa shape index (κ3) is 5.29. The normalized spacial score (nSPS) is 23.9. The van der Waals surface area contributed by atoms with Gasteiger partial charge in [-0.2, -0.15) is 0 Å². The SMILES string of the molecule is CC1(C)O[C@H]2O[C@H](COC(c3ccccc3)(c3ccccc3)c3ccccc3)[C@@H](NCc3ccccc3)[C@H]2O1. The maximum atomic E-state index is 7.10. The minimum Gasteiger partial charge on any atom is -0.358 e. The molecule has 0 saturated carbocycles. The largest absolute Gasteiger partial charge is 0.358 e. The highest BCUT2D eigenvalue weighted by atomic mass is 16.8. The first kappa shape index (κ1) is 25.9. The van der Waals surface area contributed by atoms with Crippen molar-refractivity contribution < 1.29 is 18.9 Å². The van der Waals surface area contributed by atoms with Crippen LogP contribution in [0.5, 0.6) is 0 Å². The molecule has 39 heavy (non-hydrogen) atoms. The van der Waals surface area contributed by atoms with Crippen molar-refractivity contribution in [1.82, 2.24) is 5.32 Å². The zero-order valence-electron chi connectivity index (χ0n) is 22.4. The van der Waals surface area contributed by atoms with Crippen LogP contribution in [0.4, 0.5) is 0 Å². The monoisotopic (exact) mass is 521 g/mol. The Morgan fingerprint density at radius 1 is 0.692 bits per heavy atom. The minimum atomic E-state index is -0.824. The van der Waals surface area contributed by atoms with Gasteiger partial charge in [0, 0.05) is 6.54 Å². The summed E-state index contributed by atoms with van der Waals surface area (Å²) in [5, 5.41) is 3.70. The highest BCUT2D eigenvalue weighted by Gasteiger charge is 2.55. The van der Waals surface area contributed by atoms with Gasteiger partial charge in [0.1, 0.15) is 17.8 Å². The quantitative estimate of drug-likeness (QED) is 0.273. The summed E-state index contributed by atoms with van der Waals surface area (Å²) < 4.78 is 26.0. The highest BCUT2D eigenvalue weighted by Crippen LogP contribution is 2.43. The van der Waals surface area contributed by atoms with Crippen molar-refractivity contribution in [3.8, 4) is 0 Å². The topological polar surface area (TPSA) is 49.0 Å². The van der Waals surface area contributed by atoms with Crippen molar-refractivity contribution >= 4 is 0 Å². The van der Waals surface area contributed by atoms with Gasteiger partial charge in [0.2, 0.25) is 0 Å². The zero-order chi connectivity index (χ0) is 26.7. The second-order valence-electron chi connectivity index (χ2n) is 10.6. The van der Waals surface area contributed by atoms with Gasteiger partial charge in [0.25, 0.3) is 0 Å². The van der Waals surface area contributed by atoms with E-state index < -0.39 is 17.7 Å². The summed E-state index contributed by atoms with van der Waals surface area (Å²) >= 11 is 0. The van der Waals surface area contributed by atoms with E-state index in [1.54, 1.807) is 0 Å². The lowest BCUT2D eigenvalue weighted by Crippen LogP contribution is -2.48. The minimum absolute atomic E-state index is 0.114. The molecule has 6 rings (SSSR count). The Labute approximate surface area is 230 Å². The van der Waals surface area contributed by atoms with Gasteiger partial charge in [-0.15, -0.1) is 0 Å². The zero-order valence-corrected chi connectivity index (χ0v) is 22.4. The van der Waals surface area contributed by atoms with E-state index in [1.807, 2.05) is 38.1 Å². The molecular weight excluding hydrogens is 486 g/mol. The number of hydrogen-bond donors (Lipinski definition) is 1. The maximum Gasteiger partial charge on any atom is 0.189 e. The fraction of sp³-hybridized carbons (Fsp3) is 0.294. The number of nitrogens with one attached hydrogen (secondary N) is 1. The smallest absolute Gasteiger partial charge is 0.189 e. The molecule has 2 saturated heterocycles. The van der Waals surface area contributed by atoms with Gasteiger partial charge in [-0.25, -0.2) is 0 Å². The van der Waals surface area contributed by atoms with Crippen LogP contribution in [0.15, 0.2) is 121 Å². The number of benzene rings is 4. The molecule has 1 N–H and O–H groups in total. The van der Waals surface area contributed by atoms with Crippen LogP contribution in [0.2, 0.25) is 0 Å². The molecule has 2 fully saturated rings. The number of rotatable bonds is 9. The number of ether oxygens (including phenoxy) is 4. The predicted octanol–water partition coefficient (Wildman–Crippen LogP) is 6.03. The first-order valence-electron chi connectivity index (χ1n) is 13.6. The van der Waals surface area contributed by atoms with Crippen LogP contribution in [0.3, 0.4) is 0 Å². The lowest BCUT2D eigenvalue weighted by molar-refractivity contribution is -0.215. The summed E-state index contributed by atoms with van der Waals surface area (Å²) in [6, 6.07) is 41.5. The summed E-state index contributed by atoms with van der Waals surface area (Å²) in [5.41, 5.74) is 3.55. The number of fused-ring (bicyclic) bond motifs is 1. The molecular formula is C34H35NO4. The molecule has 5 nitrogen and oxygen atoms in total. The maximum absolute atomic E-state index is 7.10. The van der Waals surface area contributed by atoms with E-state index in [9.17, 15) is 0 Å². The standard InChI is InChI=1S/C34H35NO4/c1-33(2)38-31-30(35-23-25-15-7-3-8-16-25)29(37-32(31)39-33)24-36-34(26-17-9-4-10-18-26,27-19-11-5-12-20-27)28-21-13-6-14-22-28/h3-22,29-32,35H,23-24H2,1-2H3/t29-,30-,31-,32-/m1/s1. The third-order valence-electron chi connectivity index (χ3n) is 7.54. The molecule has 2 heterocycles. The van der Waals surface area contributed by atoms with E-state index in [0.29, 0.717) is 13.2 Å². The van der Waals surface area contributed by atoms with Crippen molar-refractivity contribution in [1.29, 1.82) is 0 Å². The second-order valence-corrected chi connectivity index (χ2v) is 10.6. The average Bonchev–Trinajstić information content (AvgIpc) is 3.45. The second kappa shape index (κ2) is 11.0. The van der Waals surface area contributed by atoms with E-state index in [1.165, 1.54) is 5.56 Å². The summed E-state index contributed by atoms with van der Waals surface area (Å²) in [6.07, 6.45) is -0.978. The molecule has 2 aliphatic heterocycles. The van der Waals surface area contributed by atoms with Crippen LogP contribution in [-0.2, 0) is 31.1 Å². The molecule has 5 heteroatoms. The van der Waals surface area contributed by atoms with E-state index in [4.69, 9.17) is 18.9 Å². The highest BCUT2D eigenvalue weighted by molar-refractivity contribution is 5.47. The fourth-order valence-electron chi connectivity index (χ4n) is 5.77. The summed E-state index contributed by atoms with van der Waals surface area (Å²) in [7, 11) is 0. The Balaban J connectivity index is 1.34. The summed E-state index contributed by atoms with van der Waals surface area (Å²) in [6.45, 7) is 4.89. The van der Waals surface area contributed by atoms with E-state index in [2.05, 4.69) is 102 Å². The van der Waals surface area contributed by atoms with Crippen molar-refractivity contribution in [2.75, 3.05) is 6.61 Å². The summed E-state index contributed by atoms with van der Waals surface area (Å²) in [4.78, 5) is 0. The van der Waals surface area contributed by atoms with Crippen LogP contribution >= 0.6 is 0 Å². The first-order chi connectivity index (χ1) is 19.1. The van der Waals surface area contributed by atoms with Crippen LogP contribution in [0.25, 0.3) is 0 Å². The Kier molecular flexibility index (Phi) is 7.34. The molecule has 0 unspecified atom stereocenters. The van der Waals surface area contributed by atoms with Gasteiger partial charge in [-0.05, 0) is 36.1 Å². The first-order valence-corrected chi connectivity index (χ1v) is 13.6. The van der Waals surface area contributed by atoms with Crippen molar-refractivity contribution in [3.63, 3.8) is 0 Å². The van der Waals surface area contributed by atoms with Crippen molar-refractivity contribution in [3.05, 3.63) is 144 Å². The fourth-order valence-corrected chi connectivity index (χ4v) is 5.77. The Hall–Kier alpha value is -3.32. The van der Waals surface area contributed by atoms with E-state index >= 15 is 0 Å². The molecule has 0 amide bonds. The Morgan fingerprint density at radius 3 is 1.69 bits per heavy atom. The molecule has 2 aliphatic rings. The molecule has 4 aromatic carbocycles. The average molecular weight is 522 g/mol. The molecule has 4 aromatic rings. The number of hydrogen-bond acceptors (Lipinski definition) is 5. The van der Waals surface area contributed by atoms with E-state index in [-0.39, 0.29) is 18.2 Å². The molecule has 0 spiro atoms. The van der Waals surface area contributed by atoms with Crippen molar-refractivity contribution in [2.24, 2.45) is 0 Å². The molecule has 0 aromatic heterocycles. The van der Waals surface area contributed by atoms with Gasteiger partial charge in [0.15, 0.2) is 12.1 Å². The Bertz CT molecular complexity index is 1230. The van der Waals surface area contributed by atoms with Crippen LogP contribution in [-0.4, -0.2) is 36.9 Å². The van der Waals surface area contributed by atoms with Crippen LogP contribution in [0, 0.1) is 0 Å². The molecule has 4 atom stereocenters. The van der Waals surface area contributed by atoms with Crippen molar-refractivity contribution in [2.45, 2.75) is 56.3 Å². The molecule has 0 radical (unpaired) electrons. The predicted molar refractivity (Wildman–Crippen MR) is 151 cm³/mol. The summed E-state index contributed by atoms with van der Waals surface area (Å²) in [5.74, 6) is -0.699. The molecule has 200 valence electrons. The van der Waals surface area contributed by atoms with Gasteiger partial charge < -0.3 is 24.3 Å². The van der Waals surface area contributed by atoms with Crippen LogP contribution in [0.1, 0.15) is 36.1 Å². The van der Waals surface area contributed by atoms with Gasteiger partial charge in [-0.1, -0.05) is 121 Å².